The van der Waals surface area contributed by atoms with Gasteiger partial charge < -0.3 is 5.32 Å². The van der Waals surface area contributed by atoms with E-state index in [0.717, 1.165) is 5.56 Å². The van der Waals surface area contributed by atoms with Crippen LogP contribution in [0.25, 0.3) is 0 Å². The Morgan fingerprint density at radius 3 is 2.17 bits per heavy atom. The Hall–Kier alpha value is -3.25. The predicted octanol–water partition coefficient (Wildman–Crippen LogP) is 5.59. The number of nitrogens with one attached hydrogen (secondary N) is 2. The summed E-state index contributed by atoms with van der Waals surface area (Å²) in [6, 6.07) is 21.9. The molecule has 3 aromatic carbocycles. The van der Waals surface area contributed by atoms with Crippen molar-refractivity contribution in [1.82, 2.24) is 5.43 Å². The third-order valence-electron chi connectivity index (χ3n) is 4.52. The molecule has 0 spiro atoms. The zero-order chi connectivity index (χ0) is 21.5. The number of hydrogen-bond donors (Lipinski definition) is 2. The van der Waals surface area contributed by atoms with Crippen LogP contribution < -0.4 is 10.7 Å². The summed E-state index contributed by atoms with van der Waals surface area (Å²) in [5.41, 5.74) is 5.86. The molecule has 0 aromatic heterocycles. The number of halogens is 1. The average Bonchev–Trinajstić information content (AvgIpc) is 2.74. The Bertz CT molecular complexity index is 1080. The second-order valence-electron chi connectivity index (χ2n) is 7.00. The molecule has 3 aromatic rings. The number of hydrogen-bond acceptors (Lipinski definition) is 3. The van der Waals surface area contributed by atoms with E-state index in [1.54, 1.807) is 48.7 Å². The summed E-state index contributed by atoms with van der Waals surface area (Å²) in [5.74, 6) is -0.261. The maximum Gasteiger partial charge on any atom is 0.273 e. The summed E-state index contributed by atoms with van der Waals surface area (Å²) in [6.45, 7) is 4.27. The largest absolute Gasteiger partial charge is 0.321 e. The van der Waals surface area contributed by atoms with Gasteiger partial charge in [-0.05, 0) is 57.2 Å². The van der Waals surface area contributed by atoms with E-state index in [2.05, 4.69) is 45.6 Å². The first kappa shape index (κ1) is 21.5. The van der Waals surface area contributed by atoms with Gasteiger partial charge in [0, 0.05) is 4.47 Å². The maximum atomic E-state index is 12.6. The van der Waals surface area contributed by atoms with Crippen molar-refractivity contribution in [3.63, 3.8) is 0 Å². The van der Waals surface area contributed by atoms with Crippen LogP contribution in [0.3, 0.4) is 0 Å². The second kappa shape index (κ2) is 9.98. The molecule has 2 N–H and O–H groups in total. The van der Waals surface area contributed by atoms with Gasteiger partial charge >= 0.3 is 0 Å². The van der Waals surface area contributed by atoms with Gasteiger partial charge in [-0.3, -0.25) is 9.59 Å². The highest BCUT2D eigenvalue weighted by atomic mass is 79.9. The Labute approximate surface area is 184 Å². The molecular weight excluding hydrogens is 442 g/mol. The van der Waals surface area contributed by atoms with Crippen molar-refractivity contribution in [2.45, 2.75) is 19.8 Å². The van der Waals surface area contributed by atoms with E-state index in [-0.39, 0.29) is 5.91 Å². The molecule has 0 radical (unpaired) electrons. The predicted molar refractivity (Wildman–Crippen MR) is 124 cm³/mol. The van der Waals surface area contributed by atoms with Crippen LogP contribution in [0.15, 0.2) is 82.4 Å². The van der Waals surface area contributed by atoms with Gasteiger partial charge in [0.25, 0.3) is 11.8 Å². The molecule has 6 heteroatoms. The van der Waals surface area contributed by atoms with Crippen LogP contribution in [0, 0.1) is 0 Å². The molecule has 0 heterocycles. The number of carbonyl (C=O) groups excluding carboxylic acids is 2. The van der Waals surface area contributed by atoms with E-state index in [0.29, 0.717) is 27.2 Å². The van der Waals surface area contributed by atoms with Crippen LogP contribution in [0.5, 0.6) is 0 Å². The van der Waals surface area contributed by atoms with Crippen LogP contribution in [0.2, 0.25) is 0 Å². The third kappa shape index (κ3) is 5.42. The van der Waals surface area contributed by atoms with E-state index in [1.807, 2.05) is 30.3 Å². The monoisotopic (exact) mass is 463 g/mol. The number of anilines is 1. The molecular formula is C24H22BrN3O2. The number of benzene rings is 3. The summed E-state index contributed by atoms with van der Waals surface area (Å²) < 4.78 is 0.678. The van der Waals surface area contributed by atoms with Crippen molar-refractivity contribution < 1.29 is 9.59 Å². The molecule has 0 unspecified atom stereocenters. The van der Waals surface area contributed by atoms with Crippen molar-refractivity contribution in [2.75, 3.05) is 5.32 Å². The topological polar surface area (TPSA) is 70.6 Å². The highest BCUT2D eigenvalue weighted by Gasteiger charge is 2.15. The van der Waals surface area contributed by atoms with Crippen molar-refractivity contribution in [1.29, 1.82) is 0 Å². The molecule has 30 heavy (non-hydrogen) atoms. The molecule has 0 aliphatic rings. The van der Waals surface area contributed by atoms with Crippen molar-refractivity contribution >= 4 is 39.6 Å². The van der Waals surface area contributed by atoms with Crippen LogP contribution in [-0.2, 0) is 0 Å². The molecule has 0 bridgehead atoms. The molecule has 0 saturated carbocycles. The molecule has 0 aliphatic carbocycles. The maximum absolute atomic E-state index is 12.6. The third-order valence-corrected chi connectivity index (χ3v) is 5.21. The minimum Gasteiger partial charge on any atom is -0.321 e. The molecule has 0 aliphatic heterocycles. The fraction of sp³-hybridized carbons (Fsp3) is 0.125. The summed E-state index contributed by atoms with van der Waals surface area (Å²) in [5, 5.41) is 6.83. The quantitative estimate of drug-likeness (QED) is 0.369. The minimum absolute atomic E-state index is 0.309. The molecule has 152 valence electrons. The number of amides is 2. The van der Waals surface area contributed by atoms with Gasteiger partial charge in [-0.15, -0.1) is 0 Å². The zero-order valence-corrected chi connectivity index (χ0v) is 18.3. The average molecular weight is 464 g/mol. The zero-order valence-electron chi connectivity index (χ0n) is 16.7. The molecule has 0 fully saturated rings. The summed E-state index contributed by atoms with van der Waals surface area (Å²) in [4.78, 5) is 25.2. The molecule has 2 amide bonds. The van der Waals surface area contributed by atoms with Crippen molar-refractivity contribution in [3.8, 4) is 0 Å². The lowest BCUT2D eigenvalue weighted by Gasteiger charge is -2.11. The SMILES string of the molecule is CC(C)c1ccc(/C=N\NC(=O)c2ccccc2NC(=O)c2ccccc2Br)cc1. The summed E-state index contributed by atoms with van der Waals surface area (Å²) in [7, 11) is 0. The fourth-order valence-electron chi connectivity index (χ4n) is 2.82. The lowest BCUT2D eigenvalue weighted by atomic mass is 10.0. The first-order valence-electron chi connectivity index (χ1n) is 9.54. The standard InChI is InChI=1S/C24H22BrN3O2/c1-16(2)18-13-11-17(12-14-18)15-26-28-24(30)20-8-4-6-10-22(20)27-23(29)19-7-3-5-9-21(19)25/h3-16H,1-2H3,(H,27,29)(H,28,30)/b26-15-. The van der Waals surface area contributed by atoms with E-state index >= 15 is 0 Å². The lowest BCUT2D eigenvalue weighted by Crippen LogP contribution is -2.21. The Morgan fingerprint density at radius 1 is 0.867 bits per heavy atom. The van der Waals surface area contributed by atoms with Gasteiger partial charge in [0.1, 0.15) is 0 Å². The first-order valence-corrected chi connectivity index (χ1v) is 10.3. The van der Waals surface area contributed by atoms with Crippen molar-refractivity contribution in [2.24, 2.45) is 5.10 Å². The van der Waals surface area contributed by atoms with E-state index in [1.165, 1.54) is 5.56 Å². The van der Waals surface area contributed by atoms with E-state index in [9.17, 15) is 9.59 Å². The van der Waals surface area contributed by atoms with Gasteiger partial charge in [-0.25, -0.2) is 5.43 Å². The van der Waals surface area contributed by atoms with Gasteiger partial charge in [-0.2, -0.15) is 5.10 Å². The first-order chi connectivity index (χ1) is 14.5. The van der Waals surface area contributed by atoms with Crippen molar-refractivity contribution in [3.05, 3.63) is 99.5 Å². The Balaban J connectivity index is 1.69. The fourth-order valence-corrected chi connectivity index (χ4v) is 3.28. The lowest BCUT2D eigenvalue weighted by molar-refractivity contribution is 0.0956. The van der Waals surface area contributed by atoms with E-state index in [4.69, 9.17) is 0 Å². The Morgan fingerprint density at radius 2 is 1.50 bits per heavy atom. The molecule has 3 rings (SSSR count). The highest BCUT2D eigenvalue weighted by molar-refractivity contribution is 9.10. The van der Waals surface area contributed by atoms with Crippen LogP contribution in [-0.4, -0.2) is 18.0 Å². The van der Waals surface area contributed by atoms with E-state index < -0.39 is 5.91 Å². The highest BCUT2D eigenvalue weighted by Crippen LogP contribution is 2.20. The number of para-hydroxylation sites is 1. The van der Waals surface area contributed by atoms with Crippen LogP contribution >= 0.6 is 15.9 Å². The van der Waals surface area contributed by atoms with Crippen LogP contribution in [0.4, 0.5) is 5.69 Å². The summed E-state index contributed by atoms with van der Waals surface area (Å²) in [6.07, 6.45) is 1.59. The van der Waals surface area contributed by atoms with Gasteiger partial charge in [-0.1, -0.05) is 62.4 Å². The second-order valence-corrected chi connectivity index (χ2v) is 7.85. The van der Waals surface area contributed by atoms with Gasteiger partial charge in [0.15, 0.2) is 0 Å². The number of rotatable bonds is 6. The smallest absolute Gasteiger partial charge is 0.273 e. The summed E-state index contributed by atoms with van der Waals surface area (Å²) >= 11 is 3.37. The number of hydrazone groups is 1. The molecule has 0 atom stereocenters. The molecule has 0 saturated heterocycles. The Kier molecular flexibility index (Phi) is 7.14. The molecule has 5 nitrogen and oxygen atoms in total. The van der Waals surface area contributed by atoms with Gasteiger partial charge in [0.2, 0.25) is 0 Å². The normalized spacial score (nSPS) is 10.9. The number of nitrogens with zero attached hydrogens (tertiary/aromatic N) is 1. The van der Waals surface area contributed by atoms with Gasteiger partial charge in [0.05, 0.1) is 23.0 Å². The number of carbonyl (C=O) groups is 2. The minimum atomic E-state index is -0.409. The van der Waals surface area contributed by atoms with Crippen LogP contribution in [0.1, 0.15) is 51.6 Å².